The number of carbonyl (C=O) groups excluding carboxylic acids is 2. The van der Waals surface area contributed by atoms with Crippen LogP contribution in [0.2, 0.25) is 0 Å². The Morgan fingerprint density at radius 3 is 2.61 bits per heavy atom. The number of carbonyl (C=O) groups is 2. The Balaban J connectivity index is 0.000000206. The van der Waals surface area contributed by atoms with E-state index >= 15 is 0 Å². The molecule has 0 radical (unpaired) electrons. The minimum absolute atomic E-state index is 0.203. The maximum atomic E-state index is 11.9. The third-order valence-corrected chi connectivity index (χ3v) is 5.95. The van der Waals surface area contributed by atoms with Gasteiger partial charge in [0.15, 0.2) is 0 Å². The fraction of sp³-hybridized carbons (Fsp3) is 0.682. The molecule has 1 aliphatic heterocycles. The van der Waals surface area contributed by atoms with Crippen LogP contribution in [-0.4, -0.2) is 47.6 Å². The van der Waals surface area contributed by atoms with E-state index in [1.54, 1.807) is 4.90 Å². The van der Waals surface area contributed by atoms with Crippen LogP contribution in [0.25, 0.3) is 0 Å². The molecule has 4 rings (SSSR count). The van der Waals surface area contributed by atoms with E-state index in [0.29, 0.717) is 11.3 Å². The number of likely N-dealkylation sites (tertiary alicyclic amines) is 1. The first-order chi connectivity index (χ1) is 13.3. The monoisotopic (exact) mass is 387 g/mol. The first kappa shape index (κ1) is 20.6. The van der Waals surface area contributed by atoms with Crippen LogP contribution in [0.15, 0.2) is 24.5 Å². The lowest BCUT2D eigenvalue weighted by molar-refractivity contribution is -0.109. The molecule has 6 nitrogen and oxygen atoms in total. The van der Waals surface area contributed by atoms with E-state index < -0.39 is 5.60 Å². The highest BCUT2D eigenvalue weighted by molar-refractivity contribution is 5.68. The molecule has 6 heteroatoms. The molecule has 0 bridgehead atoms. The van der Waals surface area contributed by atoms with Gasteiger partial charge in [-0.05, 0) is 81.8 Å². The fourth-order valence-electron chi connectivity index (χ4n) is 4.02. The number of rotatable bonds is 4. The molecule has 1 N–H and O–H groups in total. The van der Waals surface area contributed by atoms with Crippen LogP contribution in [0, 0.1) is 11.3 Å². The fourth-order valence-corrected chi connectivity index (χ4v) is 4.02. The molecule has 0 aromatic carbocycles. The Bertz CT molecular complexity index is 659. The molecule has 1 unspecified atom stereocenters. The van der Waals surface area contributed by atoms with E-state index in [1.807, 2.05) is 39.2 Å². The van der Waals surface area contributed by atoms with Crippen molar-refractivity contribution in [2.24, 2.45) is 11.3 Å². The van der Waals surface area contributed by atoms with E-state index in [9.17, 15) is 9.59 Å². The molecular weight excluding hydrogens is 354 g/mol. The summed E-state index contributed by atoms with van der Waals surface area (Å²) < 4.78 is 5.39. The van der Waals surface area contributed by atoms with Crippen molar-refractivity contribution >= 4 is 12.5 Å². The van der Waals surface area contributed by atoms with Gasteiger partial charge in [-0.15, -0.1) is 0 Å². The summed E-state index contributed by atoms with van der Waals surface area (Å²) in [6, 6.07) is 4.16. The van der Waals surface area contributed by atoms with Crippen molar-refractivity contribution in [2.45, 2.75) is 64.4 Å². The van der Waals surface area contributed by atoms with Crippen molar-refractivity contribution in [1.29, 1.82) is 0 Å². The van der Waals surface area contributed by atoms with Gasteiger partial charge in [0, 0.05) is 32.0 Å². The van der Waals surface area contributed by atoms with Crippen molar-refractivity contribution < 1.29 is 14.3 Å². The molecule has 2 amide bonds. The third kappa shape index (κ3) is 5.69. The zero-order valence-corrected chi connectivity index (χ0v) is 17.3. The van der Waals surface area contributed by atoms with Gasteiger partial charge in [0.25, 0.3) is 0 Å². The number of nitrogens with one attached hydrogen (secondary N) is 1. The van der Waals surface area contributed by atoms with Gasteiger partial charge in [0.05, 0.1) is 0 Å². The summed E-state index contributed by atoms with van der Waals surface area (Å²) in [7, 11) is 0. The molecule has 2 heterocycles. The van der Waals surface area contributed by atoms with E-state index in [1.165, 1.54) is 24.8 Å². The van der Waals surface area contributed by atoms with Gasteiger partial charge in [-0.3, -0.25) is 9.78 Å². The largest absolute Gasteiger partial charge is 0.444 e. The van der Waals surface area contributed by atoms with Crippen LogP contribution in [0.4, 0.5) is 4.79 Å². The summed E-state index contributed by atoms with van der Waals surface area (Å²) in [5.41, 5.74) is 1.36. The number of amides is 2. The lowest BCUT2D eigenvalue weighted by Gasteiger charge is -2.34. The average molecular weight is 388 g/mol. The second kappa shape index (κ2) is 8.50. The van der Waals surface area contributed by atoms with E-state index in [4.69, 9.17) is 4.74 Å². The van der Waals surface area contributed by atoms with E-state index in [0.717, 1.165) is 44.8 Å². The number of ether oxygens (including phenoxy) is 1. The first-order valence-electron chi connectivity index (χ1n) is 10.4. The van der Waals surface area contributed by atoms with E-state index in [2.05, 4.69) is 16.4 Å². The SMILES string of the molecule is CC(C)(C)OC(=O)N1CCC2(CC1)CC2CNC=O.c1cncc(C2CC2)c1. The van der Waals surface area contributed by atoms with Gasteiger partial charge in [-0.2, -0.15) is 0 Å². The zero-order valence-electron chi connectivity index (χ0n) is 17.3. The highest BCUT2D eigenvalue weighted by Gasteiger charge is 2.54. The Labute approximate surface area is 168 Å². The second-order valence-corrected chi connectivity index (χ2v) is 9.32. The normalized spacial score (nSPS) is 22.7. The topological polar surface area (TPSA) is 71.5 Å². The van der Waals surface area contributed by atoms with Crippen molar-refractivity contribution in [3.05, 3.63) is 30.1 Å². The van der Waals surface area contributed by atoms with Crippen LogP contribution >= 0.6 is 0 Å². The Morgan fingerprint density at radius 1 is 1.36 bits per heavy atom. The molecule has 154 valence electrons. The third-order valence-electron chi connectivity index (χ3n) is 5.95. The predicted octanol–water partition coefficient (Wildman–Crippen LogP) is 3.73. The molecule has 2 saturated carbocycles. The van der Waals surface area contributed by atoms with Gasteiger partial charge < -0.3 is 15.0 Å². The van der Waals surface area contributed by atoms with Gasteiger partial charge in [0.2, 0.25) is 6.41 Å². The van der Waals surface area contributed by atoms with Crippen LogP contribution in [0.3, 0.4) is 0 Å². The van der Waals surface area contributed by atoms with Crippen LogP contribution in [0.5, 0.6) is 0 Å². The summed E-state index contributed by atoms with van der Waals surface area (Å²) in [5.74, 6) is 1.44. The van der Waals surface area contributed by atoms with Gasteiger partial charge in [0.1, 0.15) is 5.60 Å². The summed E-state index contributed by atoms with van der Waals surface area (Å²) in [6.45, 7) is 7.98. The van der Waals surface area contributed by atoms with Crippen LogP contribution in [-0.2, 0) is 9.53 Å². The quantitative estimate of drug-likeness (QED) is 0.799. The van der Waals surface area contributed by atoms with Crippen molar-refractivity contribution in [2.75, 3.05) is 19.6 Å². The highest BCUT2D eigenvalue weighted by atomic mass is 16.6. The van der Waals surface area contributed by atoms with Crippen molar-refractivity contribution in [3.8, 4) is 0 Å². The van der Waals surface area contributed by atoms with Crippen molar-refractivity contribution in [3.63, 3.8) is 0 Å². The standard InChI is InChI=1S/C14H24N2O3.C8H9N/c1-13(2,3)19-12(18)16-6-4-14(5-7-16)8-11(14)9-15-10-17;1-2-8(6-9-5-1)7-3-4-7/h10-11H,4-9H2,1-3H3,(H,15,17);1-2,5-7H,3-4H2. The molecule has 1 aromatic heterocycles. The van der Waals surface area contributed by atoms with Crippen molar-refractivity contribution in [1.82, 2.24) is 15.2 Å². The Morgan fingerprint density at radius 2 is 2.07 bits per heavy atom. The van der Waals surface area contributed by atoms with E-state index in [-0.39, 0.29) is 6.09 Å². The zero-order chi connectivity index (χ0) is 20.2. The van der Waals surface area contributed by atoms with Crippen LogP contribution < -0.4 is 5.32 Å². The molecule has 2 aliphatic carbocycles. The molecule has 3 aliphatic rings. The lowest BCUT2D eigenvalue weighted by atomic mass is 9.91. The maximum Gasteiger partial charge on any atom is 0.410 e. The minimum Gasteiger partial charge on any atom is -0.444 e. The van der Waals surface area contributed by atoms with Gasteiger partial charge in [-0.25, -0.2) is 4.79 Å². The molecule has 3 fully saturated rings. The lowest BCUT2D eigenvalue weighted by Crippen LogP contribution is -2.42. The molecular formula is C22H33N3O3. The molecule has 1 aromatic rings. The predicted molar refractivity (Wildman–Crippen MR) is 108 cm³/mol. The summed E-state index contributed by atoms with van der Waals surface area (Å²) in [4.78, 5) is 28.1. The van der Waals surface area contributed by atoms with Gasteiger partial charge >= 0.3 is 6.09 Å². The highest BCUT2D eigenvalue weighted by Crippen LogP contribution is 2.59. The minimum atomic E-state index is -0.428. The second-order valence-electron chi connectivity index (χ2n) is 9.32. The molecule has 1 atom stereocenters. The number of aromatic nitrogens is 1. The Hall–Kier alpha value is -2.11. The number of hydrogen-bond acceptors (Lipinski definition) is 4. The number of hydrogen-bond donors (Lipinski definition) is 1. The maximum absolute atomic E-state index is 11.9. The number of nitrogens with zero attached hydrogens (tertiary/aromatic N) is 2. The summed E-state index contributed by atoms with van der Waals surface area (Å²) in [5, 5.41) is 2.76. The van der Waals surface area contributed by atoms with Gasteiger partial charge in [-0.1, -0.05) is 6.07 Å². The average Bonchev–Trinajstić information content (AvgIpc) is 3.58. The Kier molecular flexibility index (Phi) is 6.26. The number of piperidine rings is 1. The summed E-state index contributed by atoms with van der Waals surface area (Å²) >= 11 is 0. The summed E-state index contributed by atoms with van der Waals surface area (Å²) in [6.07, 6.45) is 10.3. The number of pyridine rings is 1. The van der Waals surface area contributed by atoms with Crippen LogP contribution in [0.1, 0.15) is 64.4 Å². The smallest absolute Gasteiger partial charge is 0.410 e. The molecule has 1 spiro atoms. The first-order valence-corrected chi connectivity index (χ1v) is 10.4. The molecule has 1 saturated heterocycles. The molecule has 28 heavy (non-hydrogen) atoms.